The number of ether oxygens (including phenoxy) is 2. The third-order valence-corrected chi connectivity index (χ3v) is 5.82. The molecule has 2 aromatic rings. The molecule has 0 atom stereocenters. The lowest BCUT2D eigenvalue weighted by Crippen LogP contribution is -2.34. The van der Waals surface area contributed by atoms with Crippen LogP contribution in [0.5, 0.6) is 5.75 Å². The smallest absolute Gasteiger partial charge is 0.402 e. The summed E-state index contributed by atoms with van der Waals surface area (Å²) < 4.78 is 66.1. The molecule has 0 aliphatic heterocycles. The third-order valence-electron chi connectivity index (χ3n) is 3.74. The summed E-state index contributed by atoms with van der Waals surface area (Å²) in [5.41, 5.74) is -0.818. The van der Waals surface area contributed by atoms with Crippen LogP contribution in [-0.4, -0.2) is 41.7 Å². The van der Waals surface area contributed by atoms with Gasteiger partial charge in [-0.3, -0.25) is 14.7 Å². The summed E-state index contributed by atoms with van der Waals surface area (Å²) in [5.74, 6) is -2.89. The van der Waals surface area contributed by atoms with E-state index < -0.39 is 50.1 Å². The van der Waals surface area contributed by atoms with Gasteiger partial charge in [0.1, 0.15) is 11.3 Å². The van der Waals surface area contributed by atoms with E-state index in [1.807, 2.05) is 0 Å². The average Bonchev–Trinajstić information content (AvgIpc) is 2.67. The first-order valence-corrected chi connectivity index (χ1v) is 10.5. The fourth-order valence-corrected chi connectivity index (χ4v) is 2.68. The summed E-state index contributed by atoms with van der Waals surface area (Å²) in [6.45, 7) is -0.339. The van der Waals surface area contributed by atoms with E-state index in [0.29, 0.717) is 6.07 Å². The number of aryl methyl sites for hydroxylation is 1. The Morgan fingerprint density at radius 1 is 1.19 bits per heavy atom. The fraction of sp³-hybridized carbons (Fsp3) is 0.176. The Morgan fingerprint density at radius 2 is 1.84 bits per heavy atom. The summed E-state index contributed by atoms with van der Waals surface area (Å²) in [6.07, 6.45) is 0. The second-order valence-corrected chi connectivity index (χ2v) is 8.69. The Labute approximate surface area is 187 Å². The van der Waals surface area contributed by atoms with Crippen molar-refractivity contribution in [3.8, 4) is 5.75 Å². The largest absolute Gasteiger partial charge is 0.454 e. The molecule has 0 aliphatic rings. The average molecular weight is 571 g/mol. The number of hydrogen-bond donors (Lipinski definition) is 1. The van der Waals surface area contributed by atoms with Gasteiger partial charge in [-0.2, -0.15) is 17.2 Å². The number of nitrogens with zero attached hydrogens (tertiary/aromatic N) is 1. The topological polar surface area (TPSA) is 150 Å². The van der Waals surface area contributed by atoms with Crippen molar-refractivity contribution in [3.63, 3.8) is 0 Å². The van der Waals surface area contributed by atoms with E-state index in [1.165, 1.54) is 12.1 Å². The quantitative estimate of drug-likeness (QED) is 0.132. The third kappa shape index (κ3) is 5.92. The molecule has 0 aliphatic carbocycles. The van der Waals surface area contributed by atoms with Gasteiger partial charge in [0.05, 0.1) is 10.5 Å². The Morgan fingerprint density at radius 3 is 2.39 bits per heavy atom. The zero-order valence-electron chi connectivity index (χ0n) is 15.4. The number of halogens is 3. The number of alkyl halides is 2. The number of nitro benzene ring substituents is 1. The number of benzene rings is 2. The van der Waals surface area contributed by atoms with Crippen LogP contribution in [0, 0.1) is 20.6 Å². The maximum absolute atomic E-state index is 13.2. The molecule has 1 N–H and O–H groups in total. The molecule has 2 rings (SSSR count). The molecule has 0 saturated heterocycles. The van der Waals surface area contributed by atoms with Gasteiger partial charge < -0.3 is 9.47 Å². The van der Waals surface area contributed by atoms with Crippen LogP contribution < -0.4 is 4.74 Å². The zero-order valence-corrected chi connectivity index (χ0v) is 18.3. The first-order valence-electron chi connectivity index (χ1n) is 8.01. The Hall–Kier alpha value is -2.72. The van der Waals surface area contributed by atoms with Crippen LogP contribution in [-0.2, 0) is 14.9 Å². The van der Waals surface area contributed by atoms with E-state index >= 15 is 0 Å². The van der Waals surface area contributed by atoms with Crippen molar-refractivity contribution in [2.75, 3.05) is 6.61 Å². The molecule has 0 amide bonds. The fourth-order valence-electron chi connectivity index (χ4n) is 2.14. The highest BCUT2D eigenvalue weighted by atomic mass is 127. The Bertz CT molecular complexity index is 1170. The van der Waals surface area contributed by atoms with Crippen molar-refractivity contribution in [2.24, 2.45) is 0 Å². The number of nitro groups is 1. The Kier molecular flexibility index (Phi) is 7.28. The summed E-state index contributed by atoms with van der Waals surface area (Å²) in [4.78, 5) is 34.4. The van der Waals surface area contributed by atoms with Gasteiger partial charge in [-0.1, -0.05) is 0 Å². The van der Waals surface area contributed by atoms with Crippen LogP contribution in [0.15, 0.2) is 36.4 Å². The summed E-state index contributed by atoms with van der Waals surface area (Å²) in [5, 5.41) is 6.29. The van der Waals surface area contributed by atoms with E-state index in [1.54, 1.807) is 13.0 Å². The second-order valence-electron chi connectivity index (χ2n) is 5.98. The number of rotatable bonds is 7. The van der Waals surface area contributed by atoms with Crippen LogP contribution in [0.3, 0.4) is 0 Å². The lowest BCUT2D eigenvalue weighted by atomic mass is 10.1. The van der Waals surface area contributed by atoms with Gasteiger partial charge in [-0.15, -0.1) is 0 Å². The molecular weight excluding hydrogens is 559 g/mol. The van der Waals surface area contributed by atoms with Gasteiger partial charge in [-0.25, -0.2) is 9.59 Å². The number of carbonyl (C=O) groups is 2. The van der Waals surface area contributed by atoms with Crippen molar-refractivity contribution < 1.29 is 45.7 Å². The van der Waals surface area contributed by atoms with Crippen molar-refractivity contribution in [2.45, 2.75) is 12.2 Å². The zero-order chi connectivity index (χ0) is 23.6. The second kappa shape index (κ2) is 9.19. The first-order chi connectivity index (χ1) is 14.2. The lowest BCUT2D eigenvalue weighted by Gasteiger charge is -2.13. The molecule has 0 unspecified atom stereocenters. The van der Waals surface area contributed by atoms with E-state index in [4.69, 9.17) is 9.29 Å². The predicted molar refractivity (Wildman–Crippen MR) is 109 cm³/mol. The molecule has 0 saturated carbocycles. The highest BCUT2D eigenvalue weighted by molar-refractivity contribution is 14.1. The van der Waals surface area contributed by atoms with Gasteiger partial charge in [0, 0.05) is 15.7 Å². The summed E-state index contributed by atoms with van der Waals surface area (Å²) in [7, 11) is -5.88. The molecule has 2 aromatic carbocycles. The predicted octanol–water partition coefficient (Wildman–Crippen LogP) is 3.36. The van der Waals surface area contributed by atoms with E-state index in [9.17, 15) is 36.9 Å². The number of esters is 2. The van der Waals surface area contributed by atoms with Crippen molar-refractivity contribution in [1.29, 1.82) is 0 Å². The van der Waals surface area contributed by atoms with Crippen LogP contribution >= 0.6 is 22.6 Å². The number of hydrogen-bond acceptors (Lipinski definition) is 8. The van der Waals surface area contributed by atoms with Crippen LogP contribution in [0.4, 0.5) is 14.5 Å². The maximum Gasteiger partial charge on any atom is 0.402 e. The molecule has 0 aromatic heterocycles. The van der Waals surface area contributed by atoms with Crippen LogP contribution in [0.25, 0.3) is 0 Å². The van der Waals surface area contributed by atoms with E-state index in [-0.39, 0.29) is 11.3 Å². The first kappa shape index (κ1) is 24.5. The van der Waals surface area contributed by atoms with Crippen molar-refractivity contribution >= 4 is 50.3 Å². The molecule has 31 heavy (non-hydrogen) atoms. The monoisotopic (exact) mass is 571 g/mol. The molecule has 10 nitrogen and oxygen atoms in total. The van der Waals surface area contributed by atoms with Crippen LogP contribution in [0.2, 0.25) is 0 Å². The molecule has 166 valence electrons. The van der Waals surface area contributed by atoms with Gasteiger partial charge in [0.2, 0.25) is 0 Å². The maximum atomic E-state index is 13.2. The normalized spacial score (nSPS) is 11.6. The minimum Gasteiger partial charge on any atom is -0.454 e. The number of carbonyl (C=O) groups excluding carboxylic acids is 2. The van der Waals surface area contributed by atoms with Gasteiger partial charge in [0.15, 0.2) is 6.61 Å². The van der Waals surface area contributed by atoms with Gasteiger partial charge in [-0.05, 0) is 59.3 Å². The summed E-state index contributed by atoms with van der Waals surface area (Å²) in [6, 6.07) is 7.14. The van der Waals surface area contributed by atoms with E-state index in [0.717, 1.165) is 21.3 Å². The van der Waals surface area contributed by atoms with Crippen LogP contribution in [0.1, 0.15) is 26.3 Å². The van der Waals surface area contributed by atoms with Crippen molar-refractivity contribution in [1.82, 2.24) is 0 Å². The SMILES string of the molecule is Cc1cc(C(=O)Oc2ccc([N+](=O)[O-])c(C(=O)OCC(F)(F)S(=O)(=O)O)c2)ccc1I. The molecule has 0 spiro atoms. The molecule has 14 heteroatoms. The van der Waals surface area contributed by atoms with Crippen molar-refractivity contribution in [3.05, 3.63) is 66.8 Å². The van der Waals surface area contributed by atoms with Gasteiger partial charge in [0.25, 0.3) is 5.69 Å². The van der Waals surface area contributed by atoms with E-state index in [2.05, 4.69) is 27.3 Å². The molecule has 0 radical (unpaired) electrons. The minimum atomic E-state index is -5.88. The lowest BCUT2D eigenvalue weighted by molar-refractivity contribution is -0.385. The minimum absolute atomic E-state index is 0.146. The highest BCUT2D eigenvalue weighted by Crippen LogP contribution is 2.27. The molecule has 0 heterocycles. The Balaban J connectivity index is 2.29. The van der Waals surface area contributed by atoms with Gasteiger partial charge >= 0.3 is 27.3 Å². The standard InChI is InChI=1S/C17H12F2INO9S/c1-9-6-10(2-4-13(9)20)15(22)30-11-3-5-14(21(24)25)12(7-11)16(23)29-8-17(18,19)31(26,27)28/h2-7H,8H2,1H3,(H,26,27,28). The highest BCUT2D eigenvalue weighted by Gasteiger charge is 2.46. The molecule has 0 fully saturated rings. The summed E-state index contributed by atoms with van der Waals surface area (Å²) >= 11 is 2.05. The molecule has 0 bridgehead atoms. The molecular formula is C17H12F2INO9S.